The second-order valence-electron chi connectivity index (χ2n) is 6.66. The Morgan fingerprint density at radius 1 is 1.00 bits per heavy atom. The van der Waals surface area contributed by atoms with Crippen LogP contribution in [0.5, 0.6) is 0 Å². The van der Waals surface area contributed by atoms with E-state index in [9.17, 15) is 0 Å². The molecule has 0 bridgehead atoms. The molecule has 0 atom stereocenters. The predicted molar refractivity (Wildman–Crippen MR) is 75.9 cm³/mol. The van der Waals surface area contributed by atoms with E-state index >= 15 is 0 Å². The second kappa shape index (κ2) is 5.89. The van der Waals surface area contributed by atoms with E-state index in [1.807, 2.05) is 0 Å². The van der Waals surface area contributed by atoms with Gasteiger partial charge in [0.25, 0.3) is 0 Å². The van der Waals surface area contributed by atoms with Crippen LogP contribution in [0.4, 0.5) is 0 Å². The van der Waals surface area contributed by atoms with E-state index < -0.39 is 0 Å². The van der Waals surface area contributed by atoms with Crippen molar-refractivity contribution >= 4 is 0 Å². The molecule has 2 aliphatic heterocycles. The molecule has 0 amide bonds. The molecule has 0 aromatic rings. The molecule has 0 saturated carbocycles. The molecular weight excluding hydrogens is 224 g/mol. The Bertz CT molecular complexity index is 251. The van der Waals surface area contributed by atoms with E-state index in [4.69, 9.17) is 4.74 Å². The summed E-state index contributed by atoms with van der Waals surface area (Å²) in [5.41, 5.74) is 0.340. The molecular formula is C15H30N2O. The Morgan fingerprint density at radius 2 is 1.56 bits per heavy atom. The molecule has 2 saturated heterocycles. The van der Waals surface area contributed by atoms with E-state index in [1.54, 1.807) is 0 Å². The lowest BCUT2D eigenvalue weighted by molar-refractivity contribution is -0.0447. The largest absolute Gasteiger partial charge is 0.379 e. The van der Waals surface area contributed by atoms with Crippen LogP contribution in [0.1, 0.15) is 40.5 Å². The maximum atomic E-state index is 5.48. The van der Waals surface area contributed by atoms with Gasteiger partial charge in [-0.3, -0.25) is 4.90 Å². The van der Waals surface area contributed by atoms with Crippen LogP contribution in [0.15, 0.2) is 0 Å². The smallest absolute Gasteiger partial charge is 0.0594 e. The van der Waals surface area contributed by atoms with Gasteiger partial charge in [0, 0.05) is 24.7 Å². The summed E-state index contributed by atoms with van der Waals surface area (Å²) in [7, 11) is 0. The Morgan fingerprint density at radius 3 is 2.06 bits per heavy atom. The third-order valence-electron chi connectivity index (χ3n) is 5.09. The summed E-state index contributed by atoms with van der Waals surface area (Å²) in [5.74, 6) is 0.839. The summed E-state index contributed by atoms with van der Waals surface area (Å²) in [6.07, 6.45) is 2.70. The number of likely N-dealkylation sites (tertiary alicyclic amines) is 1. The molecule has 2 heterocycles. The summed E-state index contributed by atoms with van der Waals surface area (Å²) in [4.78, 5) is 5.26. The van der Waals surface area contributed by atoms with E-state index in [-0.39, 0.29) is 0 Å². The molecule has 18 heavy (non-hydrogen) atoms. The zero-order chi connectivity index (χ0) is 13.2. The van der Waals surface area contributed by atoms with Gasteiger partial charge in [-0.15, -0.1) is 0 Å². The van der Waals surface area contributed by atoms with Crippen LogP contribution in [0.25, 0.3) is 0 Å². The molecule has 2 fully saturated rings. The average Bonchev–Trinajstić information content (AvgIpc) is 2.40. The highest BCUT2D eigenvalue weighted by atomic mass is 16.5. The first kappa shape index (κ1) is 14.3. The first-order chi connectivity index (χ1) is 8.51. The Hall–Kier alpha value is -0.120. The van der Waals surface area contributed by atoms with Gasteiger partial charge in [-0.05, 0) is 59.5 Å². The molecule has 0 aromatic heterocycles. The van der Waals surface area contributed by atoms with Crippen LogP contribution in [-0.2, 0) is 4.74 Å². The Kier molecular flexibility index (Phi) is 4.68. The normalized spacial score (nSPS) is 25.8. The highest BCUT2D eigenvalue weighted by Crippen LogP contribution is 2.33. The third-order valence-corrected chi connectivity index (χ3v) is 5.09. The summed E-state index contributed by atoms with van der Waals surface area (Å²) in [6, 6.07) is 0.706. The molecule has 0 aromatic carbocycles. The quantitative estimate of drug-likeness (QED) is 0.768. The van der Waals surface area contributed by atoms with Gasteiger partial charge in [-0.25, -0.2) is 0 Å². The van der Waals surface area contributed by atoms with Crippen LogP contribution < -0.4 is 0 Å². The summed E-state index contributed by atoms with van der Waals surface area (Å²) in [5, 5.41) is 0. The van der Waals surface area contributed by atoms with Crippen molar-refractivity contribution in [2.24, 2.45) is 5.92 Å². The fourth-order valence-corrected chi connectivity index (χ4v) is 3.52. The van der Waals surface area contributed by atoms with Crippen molar-refractivity contribution in [3.63, 3.8) is 0 Å². The third kappa shape index (κ3) is 3.06. The first-order valence-corrected chi connectivity index (χ1v) is 7.58. The van der Waals surface area contributed by atoms with Gasteiger partial charge in [-0.1, -0.05) is 0 Å². The minimum absolute atomic E-state index is 0.340. The van der Waals surface area contributed by atoms with E-state index in [0.717, 1.165) is 32.2 Å². The van der Waals surface area contributed by atoms with E-state index in [2.05, 4.69) is 37.5 Å². The fourth-order valence-electron chi connectivity index (χ4n) is 3.52. The number of nitrogens with zero attached hydrogens (tertiary/aromatic N) is 2. The SMILES string of the molecule is CC(C)N1CCC(C(C)(C)N2CCOCC2)CC1. The monoisotopic (exact) mass is 254 g/mol. The van der Waals surface area contributed by atoms with Gasteiger partial charge in [0.2, 0.25) is 0 Å². The molecule has 0 aliphatic carbocycles. The number of morpholine rings is 1. The van der Waals surface area contributed by atoms with Crippen molar-refractivity contribution in [1.82, 2.24) is 9.80 Å². The van der Waals surface area contributed by atoms with Crippen LogP contribution >= 0.6 is 0 Å². The molecule has 3 heteroatoms. The van der Waals surface area contributed by atoms with E-state index in [0.29, 0.717) is 11.6 Å². The van der Waals surface area contributed by atoms with Crippen LogP contribution in [0.3, 0.4) is 0 Å². The Labute approximate surface area is 112 Å². The zero-order valence-corrected chi connectivity index (χ0v) is 12.6. The van der Waals surface area contributed by atoms with Crippen molar-refractivity contribution in [3.05, 3.63) is 0 Å². The lowest BCUT2D eigenvalue weighted by Gasteiger charge is -2.49. The molecule has 0 spiro atoms. The lowest BCUT2D eigenvalue weighted by Crippen LogP contribution is -2.56. The van der Waals surface area contributed by atoms with Crippen molar-refractivity contribution in [2.75, 3.05) is 39.4 Å². The van der Waals surface area contributed by atoms with Gasteiger partial charge in [-0.2, -0.15) is 0 Å². The molecule has 0 unspecified atom stereocenters. The van der Waals surface area contributed by atoms with Crippen molar-refractivity contribution in [1.29, 1.82) is 0 Å². The number of ether oxygens (including phenoxy) is 1. The van der Waals surface area contributed by atoms with Gasteiger partial charge in [0.05, 0.1) is 13.2 Å². The average molecular weight is 254 g/mol. The van der Waals surface area contributed by atoms with Crippen molar-refractivity contribution in [3.8, 4) is 0 Å². The number of hydrogen-bond acceptors (Lipinski definition) is 3. The van der Waals surface area contributed by atoms with Crippen LogP contribution in [0, 0.1) is 5.92 Å². The minimum atomic E-state index is 0.340. The summed E-state index contributed by atoms with van der Waals surface area (Å²) < 4.78 is 5.48. The summed E-state index contributed by atoms with van der Waals surface area (Å²) >= 11 is 0. The fraction of sp³-hybridized carbons (Fsp3) is 1.00. The van der Waals surface area contributed by atoms with Gasteiger partial charge < -0.3 is 9.64 Å². The topological polar surface area (TPSA) is 15.7 Å². The molecule has 0 N–H and O–H groups in total. The van der Waals surface area contributed by atoms with Crippen LogP contribution in [-0.4, -0.2) is 60.8 Å². The molecule has 0 radical (unpaired) electrons. The Balaban J connectivity index is 1.90. The second-order valence-corrected chi connectivity index (χ2v) is 6.66. The maximum absolute atomic E-state index is 5.48. The molecule has 2 aliphatic rings. The van der Waals surface area contributed by atoms with Gasteiger partial charge in [0.15, 0.2) is 0 Å². The molecule has 3 nitrogen and oxygen atoms in total. The highest BCUT2D eigenvalue weighted by molar-refractivity contribution is 4.92. The summed E-state index contributed by atoms with van der Waals surface area (Å²) in [6.45, 7) is 16.1. The van der Waals surface area contributed by atoms with Crippen LogP contribution in [0.2, 0.25) is 0 Å². The number of hydrogen-bond donors (Lipinski definition) is 0. The number of rotatable bonds is 3. The number of piperidine rings is 1. The van der Waals surface area contributed by atoms with Gasteiger partial charge >= 0.3 is 0 Å². The van der Waals surface area contributed by atoms with Crippen molar-refractivity contribution in [2.45, 2.75) is 52.1 Å². The van der Waals surface area contributed by atoms with E-state index in [1.165, 1.54) is 25.9 Å². The van der Waals surface area contributed by atoms with Gasteiger partial charge in [0.1, 0.15) is 0 Å². The highest BCUT2D eigenvalue weighted by Gasteiger charge is 2.37. The standard InChI is InChI=1S/C15H30N2O/c1-13(2)16-7-5-14(6-8-16)15(3,4)17-9-11-18-12-10-17/h13-14H,5-12H2,1-4H3. The minimum Gasteiger partial charge on any atom is -0.379 e. The molecule has 2 rings (SSSR count). The molecule has 106 valence electrons. The van der Waals surface area contributed by atoms with Crippen molar-refractivity contribution < 1.29 is 4.74 Å². The predicted octanol–water partition coefficient (Wildman–Crippen LogP) is 2.22. The zero-order valence-electron chi connectivity index (χ0n) is 12.6. The first-order valence-electron chi connectivity index (χ1n) is 7.58. The lowest BCUT2D eigenvalue weighted by atomic mass is 9.78. The maximum Gasteiger partial charge on any atom is 0.0594 e.